The number of benzene rings is 1. The summed E-state index contributed by atoms with van der Waals surface area (Å²) in [7, 11) is 0. The van der Waals surface area contributed by atoms with E-state index >= 15 is 0 Å². The van der Waals surface area contributed by atoms with Crippen molar-refractivity contribution in [1.29, 1.82) is 0 Å². The number of nitro benzene ring substituents is 1. The fraction of sp³-hybridized carbons (Fsp3) is 0.333. The Balaban J connectivity index is 3.03. The van der Waals surface area contributed by atoms with Crippen molar-refractivity contribution in [2.24, 2.45) is 5.92 Å². The van der Waals surface area contributed by atoms with Gasteiger partial charge in [0.1, 0.15) is 11.9 Å². The van der Waals surface area contributed by atoms with E-state index < -0.39 is 34.3 Å². The van der Waals surface area contributed by atoms with Gasteiger partial charge in [-0.05, 0) is 12.0 Å². The third-order valence-corrected chi connectivity index (χ3v) is 2.57. The van der Waals surface area contributed by atoms with Gasteiger partial charge in [-0.15, -0.1) is 0 Å². The van der Waals surface area contributed by atoms with Gasteiger partial charge in [-0.2, -0.15) is 0 Å². The number of carboxylic acid groups (broad SMARTS) is 1. The van der Waals surface area contributed by atoms with Gasteiger partial charge in [0.15, 0.2) is 0 Å². The Morgan fingerprint density at radius 2 is 1.95 bits per heavy atom. The Hall–Kier alpha value is -2.51. The van der Waals surface area contributed by atoms with Gasteiger partial charge in [0.05, 0.1) is 11.0 Å². The van der Waals surface area contributed by atoms with E-state index in [4.69, 9.17) is 5.11 Å². The number of non-ortho nitro benzene ring substituents is 1. The predicted octanol–water partition coefficient (Wildman–Crippen LogP) is 1.57. The fourth-order valence-corrected chi connectivity index (χ4v) is 1.55. The third-order valence-electron chi connectivity index (χ3n) is 2.57. The van der Waals surface area contributed by atoms with Crippen molar-refractivity contribution in [3.8, 4) is 0 Å². The van der Waals surface area contributed by atoms with E-state index in [1.807, 2.05) is 0 Å². The molecule has 1 aromatic rings. The lowest BCUT2D eigenvalue weighted by Crippen LogP contribution is -2.44. The molecule has 0 aliphatic carbocycles. The fourth-order valence-electron chi connectivity index (χ4n) is 1.55. The number of aliphatic carboxylic acids is 1. The molecule has 8 heteroatoms. The van der Waals surface area contributed by atoms with Gasteiger partial charge in [-0.3, -0.25) is 14.9 Å². The first-order valence-corrected chi connectivity index (χ1v) is 5.71. The highest BCUT2D eigenvalue weighted by atomic mass is 19.1. The van der Waals surface area contributed by atoms with E-state index in [1.54, 1.807) is 13.8 Å². The average Bonchev–Trinajstić information content (AvgIpc) is 2.33. The molecule has 1 amide bonds. The standard InChI is InChI=1S/C12H13FN2O5/c1-6(2)10(12(17)18)14-11(16)7-3-8(13)5-9(4-7)15(19)20/h3-6,10H,1-2H3,(H,14,16)(H,17,18). The zero-order chi connectivity index (χ0) is 15.4. The van der Waals surface area contributed by atoms with Crippen LogP contribution in [-0.2, 0) is 4.79 Å². The van der Waals surface area contributed by atoms with E-state index in [2.05, 4.69) is 5.32 Å². The molecule has 0 spiro atoms. The molecule has 108 valence electrons. The quantitative estimate of drug-likeness (QED) is 0.630. The monoisotopic (exact) mass is 284 g/mol. The topological polar surface area (TPSA) is 110 Å². The number of rotatable bonds is 5. The minimum Gasteiger partial charge on any atom is -0.480 e. The van der Waals surface area contributed by atoms with Gasteiger partial charge in [-0.1, -0.05) is 13.8 Å². The van der Waals surface area contributed by atoms with Crippen molar-refractivity contribution >= 4 is 17.6 Å². The Morgan fingerprint density at radius 3 is 2.40 bits per heavy atom. The Kier molecular flexibility index (Phi) is 4.73. The lowest BCUT2D eigenvalue weighted by Gasteiger charge is -2.17. The summed E-state index contributed by atoms with van der Waals surface area (Å²) in [6.07, 6.45) is 0. The first-order chi connectivity index (χ1) is 9.22. The zero-order valence-electron chi connectivity index (χ0n) is 10.8. The van der Waals surface area contributed by atoms with Gasteiger partial charge in [-0.25, -0.2) is 9.18 Å². The van der Waals surface area contributed by atoms with Crippen LogP contribution >= 0.6 is 0 Å². The van der Waals surface area contributed by atoms with Crippen molar-refractivity contribution in [3.05, 3.63) is 39.7 Å². The first-order valence-electron chi connectivity index (χ1n) is 5.71. The van der Waals surface area contributed by atoms with Crippen LogP contribution < -0.4 is 5.32 Å². The van der Waals surface area contributed by atoms with Crippen molar-refractivity contribution in [1.82, 2.24) is 5.32 Å². The smallest absolute Gasteiger partial charge is 0.326 e. The van der Waals surface area contributed by atoms with Crippen LogP contribution in [0.4, 0.5) is 10.1 Å². The molecule has 20 heavy (non-hydrogen) atoms. The molecule has 0 saturated heterocycles. The van der Waals surface area contributed by atoms with Crippen LogP contribution in [0.5, 0.6) is 0 Å². The highest BCUT2D eigenvalue weighted by Gasteiger charge is 2.25. The van der Waals surface area contributed by atoms with Gasteiger partial charge in [0.25, 0.3) is 11.6 Å². The molecule has 0 aromatic heterocycles. The lowest BCUT2D eigenvalue weighted by atomic mass is 10.0. The van der Waals surface area contributed by atoms with Crippen molar-refractivity contribution in [2.45, 2.75) is 19.9 Å². The minimum atomic E-state index is -1.24. The molecule has 0 heterocycles. The number of carbonyl (C=O) groups is 2. The molecular formula is C12H13FN2O5. The molecule has 0 bridgehead atoms. The summed E-state index contributed by atoms with van der Waals surface area (Å²) in [6, 6.07) is 1.21. The molecule has 1 unspecified atom stereocenters. The summed E-state index contributed by atoms with van der Waals surface area (Å²) < 4.78 is 13.2. The SMILES string of the molecule is CC(C)C(NC(=O)c1cc(F)cc([N+](=O)[O-])c1)C(=O)O. The summed E-state index contributed by atoms with van der Waals surface area (Å²) in [6.45, 7) is 3.18. The summed E-state index contributed by atoms with van der Waals surface area (Å²) in [5.74, 6) is -3.45. The lowest BCUT2D eigenvalue weighted by molar-refractivity contribution is -0.385. The van der Waals surface area contributed by atoms with Gasteiger partial charge >= 0.3 is 5.97 Å². The number of hydrogen-bond donors (Lipinski definition) is 2. The second-order valence-electron chi connectivity index (χ2n) is 4.49. The van der Waals surface area contributed by atoms with Crippen LogP contribution in [0.3, 0.4) is 0 Å². The summed E-state index contributed by atoms with van der Waals surface area (Å²) in [5.41, 5.74) is -0.879. The van der Waals surface area contributed by atoms with Crippen molar-refractivity contribution in [3.63, 3.8) is 0 Å². The molecule has 1 atom stereocenters. The second kappa shape index (κ2) is 6.09. The largest absolute Gasteiger partial charge is 0.480 e. The Bertz CT molecular complexity index is 559. The Labute approximate surface area is 113 Å². The predicted molar refractivity (Wildman–Crippen MR) is 66.8 cm³/mol. The number of nitro groups is 1. The minimum absolute atomic E-state index is 0.302. The summed E-state index contributed by atoms with van der Waals surface area (Å²) in [4.78, 5) is 32.5. The van der Waals surface area contributed by atoms with Crippen molar-refractivity contribution < 1.29 is 24.0 Å². The van der Waals surface area contributed by atoms with Crippen LogP contribution in [0.25, 0.3) is 0 Å². The van der Waals surface area contributed by atoms with Crippen LogP contribution in [0.2, 0.25) is 0 Å². The van der Waals surface area contributed by atoms with E-state index in [-0.39, 0.29) is 11.5 Å². The van der Waals surface area contributed by atoms with Crippen LogP contribution in [0.1, 0.15) is 24.2 Å². The number of carboxylic acids is 1. The highest BCUT2D eigenvalue weighted by molar-refractivity contribution is 5.97. The molecule has 0 radical (unpaired) electrons. The van der Waals surface area contributed by atoms with E-state index in [0.717, 1.165) is 12.1 Å². The first kappa shape index (κ1) is 15.5. The highest BCUT2D eigenvalue weighted by Crippen LogP contribution is 2.16. The average molecular weight is 284 g/mol. The number of halogens is 1. The number of carbonyl (C=O) groups excluding carboxylic acids is 1. The second-order valence-corrected chi connectivity index (χ2v) is 4.49. The normalized spacial score (nSPS) is 12.0. The molecule has 7 nitrogen and oxygen atoms in total. The van der Waals surface area contributed by atoms with Crippen LogP contribution in [-0.4, -0.2) is 27.9 Å². The van der Waals surface area contributed by atoms with Gasteiger partial charge < -0.3 is 10.4 Å². The number of nitrogens with zero attached hydrogens (tertiary/aromatic N) is 1. The maximum atomic E-state index is 13.2. The molecule has 0 aliphatic heterocycles. The third kappa shape index (κ3) is 3.74. The molecule has 0 fully saturated rings. The van der Waals surface area contributed by atoms with E-state index in [9.17, 15) is 24.1 Å². The van der Waals surface area contributed by atoms with Crippen molar-refractivity contribution in [2.75, 3.05) is 0 Å². The molecule has 0 aliphatic rings. The van der Waals surface area contributed by atoms with Crippen LogP contribution in [0, 0.1) is 21.8 Å². The molecule has 1 aromatic carbocycles. The van der Waals surface area contributed by atoms with Gasteiger partial charge in [0, 0.05) is 11.6 Å². The maximum Gasteiger partial charge on any atom is 0.326 e. The molecule has 0 saturated carbocycles. The number of amides is 1. The Morgan fingerprint density at radius 1 is 1.35 bits per heavy atom. The molecular weight excluding hydrogens is 271 g/mol. The van der Waals surface area contributed by atoms with Gasteiger partial charge in [0.2, 0.25) is 0 Å². The van der Waals surface area contributed by atoms with E-state index in [1.165, 1.54) is 0 Å². The molecule has 1 rings (SSSR count). The summed E-state index contributed by atoms with van der Waals surface area (Å²) >= 11 is 0. The molecule has 2 N–H and O–H groups in total. The summed E-state index contributed by atoms with van der Waals surface area (Å²) in [5, 5.41) is 21.7. The maximum absolute atomic E-state index is 13.2. The number of hydrogen-bond acceptors (Lipinski definition) is 4. The zero-order valence-corrected chi connectivity index (χ0v) is 10.8. The van der Waals surface area contributed by atoms with Crippen LogP contribution in [0.15, 0.2) is 18.2 Å². The van der Waals surface area contributed by atoms with E-state index in [0.29, 0.717) is 6.07 Å². The number of nitrogens with one attached hydrogen (secondary N) is 1.